The highest BCUT2D eigenvalue weighted by Crippen LogP contribution is 2.38. The van der Waals surface area contributed by atoms with Gasteiger partial charge in [-0.15, -0.1) is 0 Å². The Morgan fingerprint density at radius 2 is 1.68 bits per heavy atom. The van der Waals surface area contributed by atoms with Gasteiger partial charge < -0.3 is 21.1 Å². The van der Waals surface area contributed by atoms with Gasteiger partial charge in [0.15, 0.2) is 5.96 Å². The molecule has 210 valence electrons. The van der Waals surface area contributed by atoms with Crippen LogP contribution < -0.4 is 16.0 Å². The van der Waals surface area contributed by atoms with E-state index in [1.54, 1.807) is 30.0 Å². The van der Waals surface area contributed by atoms with E-state index in [1.807, 2.05) is 60.7 Å². The number of carboxylic acid groups (broad SMARTS) is 1. The third-order valence-corrected chi connectivity index (χ3v) is 6.89. The third kappa shape index (κ3) is 6.73. The van der Waals surface area contributed by atoms with Gasteiger partial charge in [0.1, 0.15) is 12.6 Å². The molecule has 9 heteroatoms. The fourth-order valence-electron chi connectivity index (χ4n) is 4.97. The van der Waals surface area contributed by atoms with Crippen molar-refractivity contribution in [2.24, 2.45) is 5.73 Å². The van der Waals surface area contributed by atoms with Crippen molar-refractivity contribution < 1.29 is 19.5 Å². The second-order valence-corrected chi connectivity index (χ2v) is 9.66. The molecule has 4 rings (SSSR count). The molecular weight excluding hydrogens is 518 g/mol. The lowest BCUT2D eigenvalue weighted by atomic mass is 9.95. The summed E-state index contributed by atoms with van der Waals surface area (Å²) in [6.45, 7) is 1.82. The van der Waals surface area contributed by atoms with E-state index in [0.29, 0.717) is 30.6 Å². The van der Waals surface area contributed by atoms with Crippen LogP contribution in [0.5, 0.6) is 0 Å². The first kappa shape index (κ1) is 28.9. The van der Waals surface area contributed by atoms with Crippen LogP contribution in [0.25, 0.3) is 0 Å². The van der Waals surface area contributed by atoms with Gasteiger partial charge in [-0.3, -0.25) is 19.9 Å². The van der Waals surface area contributed by atoms with E-state index in [9.17, 15) is 19.5 Å². The molecule has 41 heavy (non-hydrogen) atoms. The summed E-state index contributed by atoms with van der Waals surface area (Å²) in [5, 5.41) is 19.9. The van der Waals surface area contributed by atoms with Gasteiger partial charge in [-0.1, -0.05) is 79.4 Å². The highest BCUT2D eigenvalue weighted by atomic mass is 16.4. The number of nitrogens with zero attached hydrogens (tertiary/aromatic N) is 2. The Morgan fingerprint density at radius 1 is 1.05 bits per heavy atom. The number of amides is 2. The SMILES string of the molecule is CCC(C(=O)O)N1CC(=O)N(C(c2ccccc2)c2ccccc2)c2ccc(C#CCCCNC(=N)N)cc2C1=O. The Morgan fingerprint density at radius 3 is 2.24 bits per heavy atom. The molecule has 0 aromatic heterocycles. The van der Waals surface area contributed by atoms with E-state index in [-0.39, 0.29) is 30.4 Å². The van der Waals surface area contributed by atoms with Crippen molar-refractivity contribution in [1.29, 1.82) is 5.41 Å². The molecule has 3 aromatic rings. The molecule has 1 atom stereocenters. The number of benzene rings is 3. The van der Waals surface area contributed by atoms with Crippen LogP contribution in [0.2, 0.25) is 0 Å². The Balaban J connectivity index is 1.82. The first-order valence-corrected chi connectivity index (χ1v) is 13.5. The molecule has 1 aliphatic heterocycles. The first-order chi connectivity index (χ1) is 19.8. The molecular formula is C32H33N5O4. The van der Waals surface area contributed by atoms with Crippen LogP contribution >= 0.6 is 0 Å². The van der Waals surface area contributed by atoms with Gasteiger partial charge in [0, 0.05) is 18.5 Å². The van der Waals surface area contributed by atoms with Crippen LogP contribution in [0.15, 0.2) is 78.9 Å². The number of nitrogens with one attached hydrogen (secondary N) is 2. The average molecular weight is 552 g/mol. The number of anilines is 1. The summed E-state index contributed by atoms with van der Waals surface area (Å²) in [6.07, 6.45) is 1.38. The molecule has 0 fully saturated rings. The maximum atomic E-state index is 14.1. The zero-order chi connectivity index (χ0) is 29.4. The minimum absolute atomic E-state index is 0.0954. The predicted octanol–water partition coefficient (Wildman–Crippen LogP) is 3.74. The van der Waals surface area contributed by atoms with Gasteiger partial charge in [0.25, 0.3) is 5.91 Å². The van der Waals surface area contributed by atoms with Crippen molar-refractivity contribution in [3.8, 4) is 11.8 Å². The fraction of sp³-hybridized carbons (Fsp3) is 0.250. The summed E-state index contributed by atoms with van der Waals surface area (Å²) >= 11 is 0. The van der Waals surface area contributed by atoms with Gasteiger partial charge in [-0.25, -0.2) is 4.79 Å². The van der Waals surface area contributed by atoms with Gasteiger partial charge in [-0.2, -0.15) is 0 Å². The molecule has 1 unspecified atom stereocenters. The van der Waals surface area contributed by atoms with Gasteiger partial charge >= 0.3 is 5.97 Å². The van der Waals surface area contributed by atoms with Crippen LogP contribution in [0, 0.1) is 17.3 Å². The van der Waals surface area contributed by atoms with Crippen molar-refractivity contribution in [3.05, 3.63) is 101 Å². The van der Waals surface area contributed by atoms with E-state index < -0.39 is 24.0 Å². The zero-order valence-electron chi connectivity index (χ0n) is 22.8. The number of fused-ring (bicyclic) bond motifs is 1. The van der Waals surface area contributed by atoms with Gasteiger partial charge in [0.2, 0.25) is 5.91 Å². The molecule has 0 aliphatic carbocycles. The Bertz CT molecular complexity index is 1440. The van der Waals surface area contributed by atoms with Crippen molar-refractivity contribution in [3.63, 3.8) is 0 Å². The molecule has 2 amide bonds. The number of carboxylic acids is 1. The van der Waals surface area contributed by atoms with Gasteiger partial charge in [-0.05, 0) is 42.2 Å². The van der Waals surface area contributed by atoms with E-state index in [0.717, 1.165) is 16.0 Å². The largest absolute Gasteiger partial charge is 0.480 e. The number of carbonyl (C=O) groups excluding carboxylic acids is 2. The topological polar surface area (TPSA) is 140 Å². The lowest BCUT2D eigenvalue weighted by Gasteiger charge is -2.33. The number of aliphatic carboxylic acids is 1. The number of carbonyl (C=O) groups is 3. The third-order valence-electron chi connectivity index (χ3n) is 6.89. The van der Waals surface area contributed by atoms with Crippen LogP contribution in [0.1, 0.15) is 59.3 Å². The normalized spacial score (nSPS) is 13.6. The predicted molar refractivity (Wildman–Crippen MR) is 157 cm³/mol. The molecule has 3 aromatic carbocycles. The number of nitrogens with two attached hydrogens (primary N) is 1. The average Bonchev–Trinajstić information content (AvgIpc) is 3.07. The van der Waals surface area contributed by atoms with Gasteiger partial charge in [0.05, 0.1) is 17.3 Å². The Labute approximate surface area is 239 Å². The van der Waals surface area contributed by atoms with E-state index in [2.05, 4.69) is 17.2 Å². The minimum atomic E-state index is -1.17. The smallest absolute Gasteiger partial charge is 0.326 e. The van der Waals surface area contributed by atoms with Crippen molar-refractivity contribution in [1.82, 2.24) is 10.2 Å². The minimum Gasteiger partial charge on any atom is -0.480 e. The number of unbranched alkanes of at least 4 members (excludes halogenated alkanes) is 1. The monoisotopic (exact) mass is 551 g/mol. The van der Waals surface area contributed by atoms with Crippen LogP contribution in [0.4, 0.5) is 5.69 Å². The number of guanidine groups is 1. The second kappa shape index (κ2) is 13.3. The summed E-state index contributed by atoms with van der Waals surface area (Å²) in [5.41, 5.74) is 8.20. The molecule has 0 saturated carbocycles. The summed E-state index contributed by atoms with van der Waals surface area (Å²) in [6, 6.07) is 22.5. The Kier molecular flexibility index (Phi) is 9.38. The van der Waals surface area contributed by atoms with E-state index in [4.69, 9.17) is 11.1 Å². The maximum absolute atomic E-state index is 14.1. The molecule has 0 bridgehead atoms. The highest BCUT2D eigenvalue weighted by molar-refractivity contribution is 6.11. The van der Waals surface area contributed by atoms with Crippen molar-refractivity contribution in [2.45, 2.75) is 38.3 Å². The standard InChI is InChI=1S/C32H33N5O4/c1-2-26(31(40)41)36-21-28(38)37(29(23-13-7-3-8-14-23)24-15-9-4-10-16-24)27-18-17-22(20-25(27)30(36)39)12-6-5-11-19-35-32(33)34/h3-4,7-10,13-18,20,26,29H,2,5,11,19,21H2,1H3,(H,40,41)(H4,33,34,35). The molecule has 1 aliphatic rings. The summed E-state index contributed by atoms with van der Waals surface area (Å²) in [7, 11) is 0. The van der Waals surface area contributed by atoms with Crippen LogP contribution in [-0.4, -0.2) is 52.9 Å². The van der Waals surface area contributed by atoms with E-state index >= 15 is 0 Å². The number of hydrogen-bond acceptors (Lipinski definition) is 4. The lowest BCUT2D eigenvalue weighted by molar-refractivity contribution is -0.142. The second-order valence-electron chi connectivity index (χ2n) is 9.66. The van der Waals surface area contributed by atoms with E-state index in [1.165, 1.54) is 0 Å². The summed E-state index contributed by atoms with van der Waals surface area (Å²) in [4.78, 5) is 42.9. The van der Waals surface area contributed by atoms with Crippen LogP contribution in [-0.2, 0) is 9.59 Å². The molecule has 0 radical (unpaired) electrons. The zero-order valence-corrected chi connectivity index (χ0v) is 22.8. The fourth-order valence-corrected chi connectivity index (χ4v) is 4.97. The van der Waals surface area contributed by atoms with Crippen molar-refractivity contribution in [2.75, 3.05) is 18.0 Å². The number of rotatable bonds is 9. The molecule has 1 heterocycles. The Hall–Kier alpha value is -5.10. The molecule has 5 N–H and O–H groups in total. The highest BCUT2D eigenvalue weighted by Gasteiger charge is 2.40. The molecule has 0 saturated heterocycles. The molecule has 9 nitrogen and oxygen atoms in total. The quantitative estimate of drug-likeness (QED) is 0.138. The summed E-state index contributed by atoms with van der Waals surface area (Å²) in [5.74, 6) is 3.97. The van der Waals surface area contributed by atoms with Crippen LogP contribution in [0.3, 0.4) is 0 Å². The number of hydrogen-bond donors (Lipinski definition) is 4. The van der Waals surface area contributed by atoms with Crippen molar-refractivity contribution >= 4 is 29.4 Å². The lowest BCUT2D eigenvalue weighted by Crippen LogP contribution is -2.48. The maximum Gasteiger partial charge on any atom is 0.326 e. The first-order valence-electron chi connectivity index (χ1n) is 13.5. The summed E-state index contributed by atoms with van der Waals surface area (Å²) < 4.78 is 0. The molecule has 0 spiro atoms.